The zero-order valence-corrected chi connectivity index (χ0v) is 27.2. The van der Waals surface area contributed by atoms with Crippen molar-refractivity contribution in [2.75, 3.05) is 0 Å². The lowest BCUT2D eigenvalue weighted by Crippen LogP contribution is -1.98. The molecule has 10 aromatic rings. The van der Waals surface area contributed by atoms with Crippen molar-refractivity contribution in [1.82, 2.24) is 9.97 Å². The van der Waals surface area contributed by atoms with Crippen molar-refractivity contribution in [3.8, 4) is 45.0 Å². The van der Waals surface area contributed by atoms with Crippen LogP contribution < -0.4 is 0 Å². The van der Waals surface area contributed by atoms with Gasteiger partial charge in [-0.25, -0.2) is 9.97 Å². The summed E-state index contributed by atoms with van der Waals surface area (Å²) in [5, 5.41) is 12.2. The smallest absolute Gasteiger partial charge is 0.161 e. The molecule has 232 valence electrons. The van der Waals surface area contributed by atoms with Crippen LogP contribution in [-0.4, -0.2) is 9.97 Å². The molecule has 0 aliphatic carbocycles. The molecule has 10 rings (SSSR count). The Balaban J connectivity index is 1.28. The molecule has 50 heavy (non-hydrogen) atoms. The van der Waals surface area contributed by atoms with Crippen LogP contribution in [-0.2, 0) is 0 Å². The van der Waals surface area contributed by atoms with Crippen LogP contribution in [0.3, 0.4) is 0 Å². The van der Waals surface area contributed by atoms with Gasteiger partial charge in [0.15, 0.2) is 5.82 Å². The number of aromatic nitrogens is 2. The summed E-state index contributed by atoms with van der Waals surface area (Å²) in [6, 6.07) is 65.1. The van der Waals surface area contributed by atoms with Crippen LogP contribution >= 0.6 is 0 Å². The number of fused-ring (bicyclic) bond motifs is 6. The van der Waals surface area contributed by atoms with E-state index in [1.54, 1.807) is 0 Å². The lowest BCUT2D eigenvalue weighted by Gasteiger charge is -2.19. The van der Waals surface area contributed by atoms with Crippen LogP contribution in [0.5, 0.6) is 0 Å². The van der Waals surface area contributed by atoms with Gasteiger partial charge in [-0.05, 0) is 83.2 Å². The van der Waals surface area contributed by atoms with E-state index in [4.69, 9.17) is 9.97 Å². The Kier molecular flexibility index (Phi) is 6.53. The molecule has 0 aliphatic rings. The van der Waals surface area contributed by atoms with Crippen molar-refractivity contribution < 1.29 is 0 Å². The molecule has 0 atom stereocenters. The number of rotatable bonds is 4. The fourth-order valence-corrected chi connectivity index (χ4v) is 7.73. The van der Waals surface area contributed by atoms with Crippen LogP contribution in [0, 0.1) is 0 Å². The molecule has 0 amide bonds. The fourth-order valence-electron chi connectivity index (χ4n) is 7.73. The molecule has 9 aromatic carbocycles. The standard InChI is InChI=1S/C48H30N2/c1-3-14-31(15-4-1)44-30-45(32-16-5-2-6-17-32)50-48(49-44)47-41-22-11-9-20-39(41)46(40-21-10-12-23-42(40)47)38-25-13-24-36-37(38)27-26-35-28-33-18-7-8-19-34(33)29-43(35)36/h1-30H. The van der Waals surface area contributed by atoms with Crippen LogP contribution in [0.1, 0.15) is 0 Å². The maximum atomic E-state index is 5.30. The lowest BCUT2D eigenvalue weighted by atomic mass is 9.85. The molecular weight excluding hydrogens is 605 g/mol. The topological polar surface area (TPSA) is 25.8 Å². The molecule has 0 unspecified atom stereocenters. The van der Waals surface area contributed by atoms with Crippen LogP contribution in [0.25, 0.3) is 98.9 Å². The van der Waals surface area contributed by atoms with E-state index in [0.717, 1.165) is 44.7 Å². The van der Waals surface area contributed by atoms with Gasteiger partial charge < -0.3 is 0 Å². The van der Waals surface area contributed by atoms with Gasteiger partial charge in [0.25, 0.3) is 0 Å². The minimum absolute atomic E-state index is 0.722. The highest BCUT2D eigenvalue weighted by Crippen LogP contribution is 2.46. The first kappa shape index (κ1) is 28.4. The van der Waals surface area contributed by atoms with Gasteiger partial charge in [0, 0.05) is 16.7 Å². The molecule has 0 saturated heterocycles. The van der Waals surface area contributed by atoms with Gasteiger partial charge in [-0.3, -0.25) is 0 Å². The lowest BCUT2D eigenvalue weighted by molar-refractivity contribution is 1.19. The van der Waals surface area contributed by atoms with Gasteiger partial charge in [-0.2, -0.15) is 0 Å². The van der Waals surface area contributed by atoms with Gasteiger partial charge in [0.1, 0.15) is 0 Å². The third-order valence-electron chi connectivity index (χ3n) is 10.0. The van der Waals surface area contributed by atoms with Gasteiger partial charge in [-0.1, -0.05) is 164 Å². The Morgan fingerprint density at radius 2 is 0.780 bits per heavy atom. The summed E-state index contributed by atoms with van der Waals surface area (Å²) in [5.74, 6) is 0.722. The van der Waals surface area contributed by atoms with Gasteiger partial charge >= 0.3 is 0 Å². The first-order valence-corrected chi connectivity index (χ1v) is 17.1. The maximum Gasteiger partial charge on any atom is 0.161 e. The summed E-state index contributed by atoms with van der Waals surface area (Å²) < 4.78 is 0. The Morgan fingerprint density at radius 1 is 0.280 bits per heavy atom. The van der Waals surface area contributed by atoms with Crippen molar-refractivity contribution in [3.05, 3.63) is 182 Å². The van der Waals surface area contributed by atoms with Gasteiger partial charge in [-0.15, -0.1) is 0 Å². The van der Waals surface area contributed by atoms with E-state index in [2.05, 4.69) is 170 Å². The average molecular weight is 635 g/mol. The normalized spacial score (nSPS) is 11.6. The van der Waals surface area contributed by atoms with Crippen LogP contribution in [0.2, 0.25) is 0 Å². The number of benzene rings is 9. The van der Waals surface area contributed by atoms with E-state index in [1.165, 1.54) is 54.2 Å². The minimum atomic E-state index is 0.722. The van der Waals surface area contributed by atoms with E-state index in [1.807, 2.05) is 12.1 Å². The molecular formula is C48H30N2. The number of hydrogen-bond donors (Lipinski definition) is 0. The van der Waals surface area contributed by atoms with Gasteiger partial charge in [0.05, 0.1) is 11.4 Å². The Morgan fingerprint density at radius 3 is 1.38 bits per heavy atom. The zero-order valence-electron chi connectivity index (χ0n) is 27.2. The average Bonchev–Trinajstić information content (AvgIpc) is 3.19. The zero-order chi connectivity index (χ0) is 33.0. The van der Waals surface area contributed by atoms with Crippen molar-refractivity contribution in [2.24, 2.45) is 0 Å². The predicted octanol–water partition coefficient (Wildman–Crippen LogP) is 12.9. The van der Waals surface area contributed by atoms with Crippen molar-refractivity contribution >= 4 is 53.9 Å². The highest BCUT2D eigenvalue weighted by atomic mass is 14.9. The summed E-state index contributed by atoms with van der Waals surface area (Å²) in [6.45, 7) is 0. The second kappa shape index (κ2) is 11.5. The molecule has 0 radical (unpaired) electrons. The maximum absolute atomic E-state index is 5.30. The quantitative estimate of drug-likeness (QED) is 0.142. The predicted molar refractivity (Wildman–Crippen MR) is 211 cm³/mol. The molecule has 1 aromatic heterocycles. The molecule has 0 fully saturated rings. The Hall–Kier alpha value is -6.64. The molecule has 0 spiro atoms. The van der Waals surface area contributed by atoms with E-state index in [0.29, 0.717) is 0 Å². The van der Waals surface area contributed by atoms with E-state index < -0.39 is 0 Å². The summed E-state index contributed by atoms with van der Waals surface area (Å²) in [6.07, 6.45) is 0. The summed E-state index contributed by atoms with van der Waals surface area (Å²) in [7, 11) is 0. The molecule has 1 heterocycles. The minimum Gasteiger partial charge on any atom is -0.228 e. The first-order chi connectivity index (χ1) is 24.8. The second-order valence-electron chi connectivity index (χ2n) is 12.9. The first-order valence-electron chi connectivity index (χ1n) is 17.1. The molecule has 2 nitrogen and oxygen atoms in total. The highest BCUT2D eigenvalue weighted by molar-refractivity contribution is 6.25. The second-order valence-corrected chi connectivity index (χ2v) is 12.9. The Labute approximate surface area is 290 Å². The third kappa shape index (κ3) is 4.57. The third-order valence-corrected chi connectivity index (χ3v) is 10.0. The molecule has 0 saturated carbocycles. The summed E-state index contributed by atoms with van der Waals surface area (Å²) in [5.41, 5.74) is 7.43. The van der Waals surface area contributed by atoms with E-state index >= 15 is 0 Å². The van der Waals surface area contributed by atoms with E-state index in [-0.39, 0.29) is 0 Å². The molecule has 2 heteroatoms. The largest absolute Gasteiger partial charge is 0.228 e. The van der Waals surface area contributed by atoms with Gasteiger partial charge in [0.2, 0.25) is 0 Å². The van der Waals surface area contributed by atoms with Crippen molar-refractivity contribution in [1.29, 1.82) is 0 Å². The summed E-state index contributed by atoms with van der Waals surface area (Å²) in [4.78, 5) is 10.6. The molecule has 0 bridgehead atoms. The van der Waals surface area contributed by atoms with Crippen molar-refractivity contribution in [2.45, 2.75) is 0 Å². The van der Waals surface area contributed by atoms with E-state index in [9.17, 15) is 0 Å². The highest BCUT2D eigenvalue weighted by Gasteiger charge is 2.21. The fraction of sp³-hybridized carbons (Fsp3) is 0. The molecule has 0 aliphatic heterocycles. The number of hydrogen-bond acceptors (Lipinski definition) is 2. The summed E-state index contributed by atoms with van der Waals surface area (Å²) >= 11 is 0. The van der Waals surface area contributed by atoms with Crippen LogP contribution in [0.15, 0.2) is 182 Å². The van der Waals surface area contributed by atoms with Crippen molar-refractivity contribution in [3.63, 3.8) is 0 Å². The molecule has 0 N–H and O–H groups in total. The SMILES string of the molecule is c1ccc(-c2cc(-c3ccccc3)nc(-c3c4ccccc4c(-c4cccc5c4ccc4cc6ccccc6cc45)c4ccccc34)n2)cc1. The number of nitrogens with zero attached hydrogens (tertiary/aromatic N) is 2. The monoisotopic (exact) mass is 634 g/mol. The Bertz CT molecular complexity index is 2800. The van der Waals surface area contributed by atoms with Crippen LogP contribution in [0.4, 0.5) is 0 Å².